The van der Waals surface area contributed by atoms with Crippen molar-refractivity contribution in [1.82, 2.24) is 9.97 Å². The predicted molar refractivity (Wildman–Crippen MR) is 99.8 cm³/mol. The maximum absolute atomic E-state index is 12.3. The molecule has 5 rings (SSSR count). The fraction of sp³-hybridized carbons (Fsp3) is 0.250. The zero-order chi connectivity index (χ0) is 16.8. The van der Waals surface area contributed by atoms with Gasteiger partial charge in [-0.3, -0.25) is 9.78 Å². The van der Waals surface area contributed by atoms with E-state index in [4.69, 9.17) is 4.98 Å². The smallest absolute Gasteiger partial charge is 0.227 e. The van der Waals surface area contributed by atoms with Gasteiger partial charge in [0.2, 0.25) is 5.91 Å². The average molecular weight is 347 g/mol. The van der Waals surface area contributed by atoms with Crippen molar-refractivity contribution in [2.45, 2.75) is 25.7 Å². The Bertz CT molecular complexity index is 964. The van der Waals surface area contributed by atoms with E-state index in [2.05, 4.69) is 22.5 Å². The van der Waals surface area contributed by atoms with Crippen molar-refractivity contribution in [3.8, 4) is 21.8 Å². The van der Waals surface area contributed by atoms with Crippen LogP contribution in [0.25, 0.3) is 21.8 Å². The van der Waals surface area contributed by atoms with Crippen LogP contribution in [0.2, 0.25) is 0 Å². The molecule has 0 saturated heterocycles. The van der Waals surface area contributed by atoms with Gasteiger partial charge >= 0.3 is 0 Å². The van der Waals surface area contributed by atoms with Crippen molar-refractivity contribution in [1.29, 1.82) is 0 Å². The Morgan fingerprint density at radius 2 is 1.80 bits per heavy atom. The van der Waals surface area contributed by atoms with E-state index in [0.29, 0.717) is 6.42 Å². The molecule has 4 nitrogen and oxygen atoms in total. The van der Waals surface area contributed by atoms with E-state index in [1.165, 1.54) is 22.4 Å². The van der Waals surface area contributed by atoms with Gasteiger partial charge in [0, 0.05) is 41.9 Å². The first-order valence-corrected chi connectivity index (χ1v) is 9.50. The summed E-state index contributed by atoms with van der Waals surface area (Å²) in [5.74, 6) is 0.277. The number of amides is 1. The minimum atomic E-state index is 0.277. The highest BCUT2D eigenvalue weighted by molar-refractivity contribution is 7.13. The number of pyridine rings is 1. The summed E-state index contributed by atoms with van der Waals surface area (Å²) >= 11 is 1.66. The average Bonchev–Trinajstić information content (AvgIpc) is 3.26. The van der Waals surface area contributed by atoms with Crippen molar-refractivity contribution in [2.24, 2.45) is 0 Å². The fourth-order valence-electron chi connectivity index (χ4n) is 3.83. The van der Waals surface area contributed by atoms with Crippen LogP contribution in [0.15, 0.2) is 42.0 Å². The van der Waals surface area contributed by atoms with E-state index in [1.807, 2.05) is 17.0 Å². The van der Waals surface area contributed by atoms with E-state index >= 15 is 0 Å². The summed E-state index contributed by atoms with van der Waals surface area (Å²) in [6.07, 6.45) is 7.11. The lowest BCUT2D eigenvalue weighted by atomic mass is 9.98. The number of aryl methyl sites for hydroxylation is 1. The van der Waals surface area contributed by atoms with E-state index in [-0.39, 0.29) is 5.91 Å². The standard InChI is InChI=1S/C20H17N3OS/c24-18-3-1-2-14-10-16(11-15-6-9-23(18)19(14)15)17-12-25-20(22-17)13-4-7-21-8-5-13/h4-5,7-8,10-12H,1-3,6,9H2. The first-order chi connectivity index (χ1) is 12.3. The van der Waals surface area contributed by atoms with Crippen LogP contribution in [0.5, 0.6) is 0 Å². The Labute approximate surface area is 150 Å². The highest BCUT2D eigenvalue weighted by Crippen LogP contribution is 2.39. The van der Waals surface area contributed by atoms with E-state index in [1.54, 1.807) is 23.7 Å². The van der Waals surface area contributed by atoms with Gasteiger partial charge in [-0.1, -0.05) is 0 Å². The second kappa shape index (κ2) is 5.77. The molecule has 0 spiro atoms. The number of anilines is 1. The lowest BCUT2D eigenvalue weighted by Gasteiger charge is -2.17. The topological polar surface area (TPSA) is 46.1 Å². The van der Waals surface area contributed by atoms with Gasteiger partial charge in [-0.25, -0.2) is 4.98 Å². The third-order valence-corrected chi connectivity index (χ3v) is 5.90. The van der Waals surface area contributed by atoms with E-state index < -0.39 is 0 Å². The van der Waals surface area contributed by atoms with Crippen molar-refractivity contribution in [3.63, 3.8) is 0 Å². The molecule has 0 saturated carbocycles. The molecule has 1 aromatic carbocycles. The molecule has 3 aromatic rings. The first kappa shape index (κ1) is 14.8. The zero-order valence-corrected chi connectivity index (χ0v) is 14.6. The molecule has 5 heteroatoms. The molecule has 0 atom stereocenters. The highest BCUT2D eigenvalue weighted by Gasteiger charge is 2.30. The summed E-state index contributed by atoms with van der Waals surface area (Å²) in [5.41, 5.74) is 7.06. The minimum absolute atomic E-state index is 0.277. The molecule has 4 heterocycles. The van der Waals surface area contributed by atoms with Crippen LogP contribution in [-0.2, 0) is 17.6 Å². The Morgan fingerprint density at radius 1 is 1.00 bits per heavy atom. The predicted octanol–water partition coefficient (Wildman–Crippen LogP) is 4.10. The highest BCUT2D eigenvalue weighted by atomic mass is 32.1. The molecule has 124 valence electrons. The van der Waals surface area contributed by atoms with Crippen molar-refractivity contribution in [2.75, 3.05) is 11.4 Å². The normalized spacial score (nSPS) is 16.0. The largest absolute Gasteiger partial charge is 0.312 e. The van der Waals surface area contributed by atoms with Crippen LogP contribution < -0.4 is 4.90 Å². The Morgan fingerprint density at radius 3 is 2.64 bits per heavy atom. The van der Waals surface area contributed by atoms with Gasteiger partial charge in [0.25, 0.3) is 0 Å². The lowest BCUT2D eigenvalue weighted by Crippen LogP contribution is -2.27. The Kier molecular flexibility index (Phi) is 3.41. The number of thiazole rings is 1. The summed E-state index contributed by atoms with van der Waals surface area (Å²) in [6.45, 7) is 0.823. The Balaban J connectivity index is 1.57. The minimum Gasteiger partial charge on any atom is -0.312 e. The molecule has 0 radical (unpaired) electrons. The summed E-state index contributed by atoms with van der Waals surface area (Å²) in [7, 11) is 0. The fourth-order valence-corrected chi connectivity index (χ4v) is 4.66. The number of nitrogens with zero attached hydrogens (tertiary/aromatic N) is 3. The van der Waals surface area contributed by atoms with Crippen LogP contribution in [0, 0.1) is 0 Å². The maximum Gasteiger partial charge on any atom is 0.227 e. The third kappa shape index (κ3) is 2.46. The number of rotatable bonds is 2. The molecule has 0 bridgehead atoms. The van der Waals surface area contributed by atoms with Crippen LogP contribution in [0.3, 0.4) is 0 Å². The van der Waals surface area contributed by atoms with Gasteiger partial charge in [0.1, 0.15) is 5.01 Å². The van der Waals surface area contributed by atoms with Crippen LogP contribution in [-0.4, -0.2) is 22.4 Å². The SMILES string of the molecule is O=C1CCCc2cc(-c3csc(-c4ccncc4)n3)cc3c2N1CC3. The molecule has 2 aliphatic heterocycles. The number of aromatic nitrogens is 2. The monoisotopic (exact) mass is 347 g/mol. The van der Waals surface area contributed by atoms with Gasteiger partial charge < -0.3 is 4.90 Å². The molecular weight excluding hydrogens is 330 g/mol. The van der Waals surface area contributed by atoms with Crippen LogP contribution in [0.4, 0.5) is 5.69 Å². The molecule has 0 unspecified atom stereocenters. The first-order valence-electron chi connectivity index (χ1n) is 8.62. The molecule has 25 heavy (non-hydrogen) atoms. The molecule has 2 aliphatic rings. The number of hydrogen-bond donors (Lipinski definition) is 0. The number of carbonyl (C=O) groups excluding carboxylic acids is 1. The third-order valence-electron chi connectivity index (χ3n) is 5.01. The summed E-state index contributed by atoms with van der Waals surface area (Å²) < 4.78 is 0. The lowest BCUT2D eigenvalue weighted by molar-refractivity contribution is -0.118. The Hall–Kier alpha value is -2.53. The summed E-state index contributed by atoms with van der Waals surface area (Å²) in [6, 6.07) is 8.44. The maximum atomic E-state index is 12.3. The molecular formula is C20H17N3OS. The number of carbonyl (C=O) groups is 1. The molecule has 0 fully saturated rings. The number of hydrogen-bond acceptors (Lipinski definition) is 4. The molecule has 0 N–H and O–H groups in total. The van der Waals surface area contributed by atoms with Crippen molar-refractivity contribution < 1.29 is 4.79 Å². The molecule has 2 aromatic heterocycles. The van der Waals surface area contributed by atoms with Crippen LogP contribution in [0.1, 0.15) is 24.0 Å². The summed E-state index contributed by atoms with van der Waals surface area (Å²) in [4.78, 5) is 23.2. The van der Waals surface area contributed by atoms with Gasteiger partial charge in [-0.15, -0.1) is 11.3 Å². The molecule has 1 amide bonds. The van der Waals surface area contributed by atoms with Crippen molar-refractivity contribution >= 4 is 22.9 Å². The van der Waals surface area contributed by atoms with Crippen molar-refractivity contribution in [3.05, 3.63) is 53.2 Å². The van der Waals surface area contributed by atoms with E-state index in [0.717, 1.165) is 42.1 Å². The van der Waals surface area contributed by atoms with E-state index in [9.17, 15) is 4.79 Å². The van der Waals surface area contributed by atoms with Gasteiger partial charge in [0.05, 0.1) is 11.4 Å². The quantitative estimate of drug-likeness (QED) is 0.701. The second-order valence-electron chi connectivity index (χ2n) is 6.57. The summed E-state index contributed by atoms with van der Waals surface area (Å²) in [5, 5.41) is 3.14. The molecule has 0 aliphatic carbocycles. The van der Waals surface area contributed by atoms with Gasteiger partial charge in [-0.05, 0) is 54.7 Å². The van der Waals surface area contributed by atoms with Gasteiger partial charge in [-0.2, -0.15) is 0 Å². The number of benzene rings is 1. The van der Waals surface area contributed by atoms with Crippen LogP contribution >= 0.6 is 11.3 Å². The zero-order valence-electron chi connectivity index (χ0n) is 13.7. The van der Waals surface area contributed by atoms with Gasteiger partial charge in [0.15, 0.2) is 0 Å². The second-order valence-corrected chi connectivity index (χ2v) is 7.42.